The fraction of sp³-hybridized carbons (Fsp3) is 0.600. The molecule has 0 aliphatic rings. The fourth-order valence-electron chi connectivity index (χ4n) is 2.17. The van der Waals surface area contributed by atoms with E-state index in [-0.39, 0.29) is 22.4 Å². The van der Waals surface area contributed by atoms with E-state index >= 15 is 0 Å². The van der Waals surface area contributed by atoms with Crippen LogP contribution in [0.3, 0.4) is 0 Å². The highest BCUT2D eigenvalue weighted by Crippen LogP contribution is 2.29. The molecule has 0 fully saturated rings. The molecule has 0 aromatic heterocycles. The van der Waals surface area contributed by atoms with Crippen molar-refractivity contribution in [3.63, 3.8) is 0 Å². The van der Waals surface area contributed by atoms with Crippen LogP contribution in [-0.2, 0) is 10.0 Å². The Morgan fingerprint density at radius 2 is 1.62 bits per heavy atom. The average Bonchev–Trinajstić information content (AvgIpc) is 2.31. The first-order valence-electron chi connectivity index (χ1n) is 7.11. The summed E-state index contributed by atoms with van der Waals surface area (Å²) in [5.41, 5.74) is 6.68. The fourth-order valence-corrected chi connectivity index (χ4v) is 4.40. The van der Waals surface area contributed by atoms with Crippen molar-refractivity contribution >= 4 is 27.3 Å². The van der Waals surface area contributed by atoms with Crippen LogP contribution in [0.1, 0.15) is 33.3 Å². The molecular weight excluding hydrogens is 308 g/mol. The minimum absolute atomic E-state index is 0.241. The normalized spacial score (nSPS) is 12.6. The van der Waals surface area contributed by atoms with Gasteiger partial charge in [-0.25, -0.2) is 8.42 Å². The van der Waals surface area contributed by atoms with Crippen LogP contribution < -0.4 is 5.73 Å². The predicted octanol–water partition coefficient (Wildman–Crippen LogP) is 3.53. The zero-order valence-corrected chi connectivity index (χ0v) is 14.9. The Bertz CT molecular complexity index is 588. The van der Waals surface area contributed by atoms with Crippen molar-refractivity contribution in [1.29, 1.82) is 0 Å². The minimum atomic E-state index is -3.57. The molecule has 6 heteroatoms. The lowest BCUT2D eigenvalue weighted by molar-refractivity contribution is 0.333. The zero-order valence-electron chi connectivity index (χ0n) is 13.4. The molecule has 0 unspecified atom stereocenters. The summed E-state index contributed by atoms with van der Waals surface area (Å²) in [6.07, 6.45) is 0. The van der Waals surface area contributed by atoms with E-state index in [0.717, 1.165) is 0 Å². The van der Waals surface area contributed by atoms with Gasteiger partial charge in [-0.05, 0) is 36.5 Å². The maximum absolute atomic E-state index is 12.9. The quantitative estimate of drug-likeness (QED) is 0.810. The summed E-state index contributed by atoms with van der Waals surface area (Å²) in [4.78, 5) is 0.241. The standard InChI is InChI=1S/C15H25ClN2O2S/c1-10(2)8-18(9-11(3)4)21(19,20)15-7-14(17)13(16)6-12(15)5/h6-7,10-11H,8-9,17H2,1-5H3. The number of sulfonamides is 1. The molecule has 0 saturated carbocycles. The summed E-state index contributed by atoms with van der Waals surface area (Å²) in [5.74, 6) is 0.506. The number of hydrogen-bond donors (Lipinski definition) is 1. The number of halogens is 1. The van der Waals surface area contributed by atoms with Gasteiger partial charge in [0.2, 0.25) is 10.0 Å². The predicted molar refractivity (Wildman–Crippen MR) is 89.0 cm³/mol. The number of aryl methyl sites for hydroxylation is 1. The molecule has 1 aromatic carbocycles. The van der Waals surface area contributed by atoms with Crippen LogP contribution in [0, 0.1) is 18.8 Å². The monoisotopic (exact) mass is 332 g/mol. The first-order valence-corrected chi connectivity index (χ1v) is 8.93. The molecule has 21 heavy (non-hydrogen) atoms. The molecule has 120 valence electrons. The zero-order chi connectivity index (χ0) is 16.4. The highest BCUT2D eigenvalue weighted by atomic mass is 35.5. The number of benzene rings is 1. The lowest BCUT2D eigenvalue weighted by Gasteiger charge is -2.26. The summed E-state index contributed by atoms with van der Waals surface area (Å²) in [5, 5.41) is 0.380. The van der Waals surface area contributed by atoms with Crippen molar-refractivity contribution in [2.24, 2.45) is 11.8 Å². The van der Waals surface area contributed by atoms with E-state index in [4.69, 9.17) is 17.3 Å². The third-order valence-electron chi connectivity index (χ3n) is 3.05. The summed E-state index contributed by atoms with van der Waals surface area (Å²) >= 11 is 5.95. The molecule has 0 bridgehead atoms. The van der Waals surface area contributed by atoms with Gasteiger partial charge in [-0.15, -0.1) is 0 Å². The topological polar surface area (TPSA) is 63.4 Å². The van der Waals surface area contributed by atoms with Gasteiger partial charge in [0.05, 0.1) is 15.6 Å². The van der Waals surface area contributed by atoms with E-state index in [9.17, 15) is 8.42 Å². The molecule has 0 aliphatic carbocycles. The molecule has 0 spiro atoms. The summed E-state index contributed by atoms with van der Waals surface area (Å²) in [7, 11) is -3.57. The Morgan fingerprint density at radius 3 is 2.05 bits per heavy atom. The van der Waals surface area contributed by atoms with Gasteiger partial charge in [0.25, 0.3) is 0 Å². The van der Waals surface area contributed by atoms with E-state index in [0.29, 0.717) is 23.7 Å². The van der Waals surface area contributed by atoms with E-state index in [1.165, 1.54) is 10.4 Å². The van der Waals surface area contributed by atoms with Crippen molar-refractivity contribution < 1.29 is 8.42 Å². The SMILES string of the molecule is Cc1cc(Cl)c(N)cc1S(=O)(=O)N(CC(C)C)CC(C)C. The van der Waals surface area contributed by atoms with Crippen molar-refractivity contribution in [2.75, 3.05) is 18.8 Å². The second-order valence-electron chi connectivity index (χ2n) is 6.25. The Morgan fingerprint density at radius 1 is 1.14 bits per heavy atom. The molecular formula is C15H25ClN2O2S. The van der Waals surface area contributed by atoms with Crippen molar-refractivity contribution in [1.82, 2.24) is 4.31 Å². The van der Waals surface area contributed by atoms with E-state index in [2.05, 4.69) is 0 Å². The van der Waals surface area contributed by atoms with Gasteiger partial charge < -0.3 is 5.73 Å². The third kappa shape index (κ3) is 4.59. The van der Waals surface area contributed by atoms with Gasteiger partial charge in [0.15, 0.2) is 0 Å². The van der Waals surface area contributed by atoms with Crippen molar-refractivity contribution in [3.8, 4) is 0 Å². The van der Waals surface area contributed by atoms with Gasteiger partial charge in [-0.3, -0.25) is 0 Å². The molecule has 0 radical (unpaired) electrons. The first kappa shape index (κ1) is 18.3. The lowest BCUT2D eigenvalue weighted by atomic mass is 10.2. The maximum Gasteiger partial charge on any atom is 0.243 e. The second-order valence-corrected chi connectivity index (χ2v) is 8.56. The van der Waals surface area contributed by atoms with E-state index < -0.39 is 10.0 Å². The van der Waals surface area contributed by atoms with Crippen LogP contribution in [-0.4, -0.2) is 25.8 Å². The summed E-state index contributed by atoms with van der Waals surface area (Å²) in [6.45, 7) is 10.7. The van der Waals surface area contributed by atoms with E-state index in [1.807, 2.05) is 27.7 Å². The highest BCUT2D eigenvalue weighted by Gasteiger charge is 2.27. The Labute approximate surface area is 133 Å². The van der Waals surface area contributed by atoms with Crippen LogP contribution in [0.4, 0.5) is 5.69 Å². The van der Waals surface area contributed by atoms with Crippen molar-refractivity contribution in [3.05, 3.63) is 22.7 Å². The maximum atomic E-state index is 12.9. The Hall–Kier alpha value is -0.780. The summed E-state index contributed by atoms with van der Waals surface area (Å²) in [6, 6.07) is 3.06. The number of rotatable bonds is 6. The van der Waals surface area contributed by atoms with Crippen LogP contribution in [0.15, 0.2) is 17.0 Å². The summed E-state index contributed by atoms with van der Waals surface area (Å²) < 4.78 is 27.4. The second kappa shape index (κ2) is 6.99. The van der Waals surface area contributed by atoms with Gasteiger partial charge in [-0.2, -0.15) is 4.31 Å². The van der Waals surface area contributed by atoms with Gasteiger partial charge in [0, 0.05) is 13.1 Å². The molecule has 0 amide bonds. The third-order valence-corrected chi connectivity index (χ3v) is 5.35. The van der Waals surface area contributed by atoms with E-state index in [1.54, 1.807) is 13.0 Å². The number of anilines is 1. The molecule has 0 heterocycles. The number of nitrogens with two attached hydrogens (primary N) is 1. The van der Waals surface area contributed by atoms with Crippen LogP contribution in [0.25, 0.3) is 0 Å². The van der Waals surface area contributed by atoms with Crippen LogP contribution in [0.5, 0.6) is 0 Å². The van der Waals surface area contributed by atoms with Gasteiger partial charge in [-0.1, -0.05) is 39.3 Å². The van der Waals surface area contributed by atoms with Crippen molar-refractivity contribution in [2.45, 2.75) is 39.5 Å². The molecule has 2 N–H and O–H groups in total. The molecule has 1 aromatic rings. The van der Waals surface area contributed by atoms with Gasteiger partial charge in [0.1, 0.15) is 0 Å². The lowest BCUT2D eigenvalue weighted by Crippen LogP contribution is -2.37. The number of hydrogen-bond acceptors (Lipinski definition) is 3. The average molecular weight is 333 g/mol. The van der Waals surface area contributed by atoms with Crippen LogP contribution >= 0.6 is 11.6 Å². The molecule has 0 atom stereocenters. The molecule has 4 nitrogen and oxygen atoms in total. The highest BCUT2D eigenvalue weighted by molar-refractivity contribution is 7.89. The Kier molecular flexibility index (Phi) is 6.08. The molecule has 0 saturated heterocycles. The molecule has 0 aliphatic heterocycles. The number of nitrogen functional groups attached to an aromatic ring is 1. The Balaban J connectivity index is 3.31. The van der Waals surface area contributed by atoms with Gasteiger partial charge >= 0.3 is 0 Å². The first-order chi connectivity index (χ1) is 9.55. The largest absolute Gasteiger partial charge is 0.397 e. The minimum Gasteiger partial charge on any atom is -0.397 e. The smallest absolute Gasteiger partial charge is 0.243 e. The van der Waals surface area contributed by atoms with Crippen LogP contribution in [0.2, 0.25) is 5.02 Å². The molecule has 1 rings (SSSR count). The number of nitrogens with zero attached hydrogens (tertiary/aromatic N) is 1.